The van der Waals surface area contributed by atoms with Gasteiger partial charge in [-0.25, -0.2) is 13.2 Å². The minimum Gasteiger partial charge on any atom is -0.452 e. The van der Waals surface area contributed by atoms with Crippen LogP contribution >= 0.6 is 11.6 Å². The van der Waals surface area contributed by atoms with Gasteiger partial charge in [-0.1, -0.05) is 11.6 Å². The summed E-state index contributed by atoms with van der Waals surface area (Å²) in [6.07, 6.45) is 0. The summed E-state index contributed by atoms with van der Waals surface area (Å²) in [4.78, 5) is 25.9. The highest BCUT2D eigenvalue weighted by Crippen LogP contribution is 2.24. The highest BCUT2D eigenvalue weighted by atomic mass is 35.5. The summed E-state index contributed by atoms with van der Waals surface area (Å²) in [5, 5.41) is 0.0463. The van der Waals surface area contributed by atoms with Crippen LogP contribution < -0.4 is 0 Å². The fourth-order valence-corrected chi connectivity index (χ4v) is 3.96. The maximum Gasteiger partial charge on any atom is 0.340 e. The number of benzene rings is 1. The Morgan fingerprint density at radius 3 is 2.52 bits per heavy atom. The highest BCUT2D eigenvalue weighted by Gasteiger charge is 2.26. The molecule has 150 valence electrons. The third kappa shape index (κ3) is 5.19. The van der Waals surface area contributed by atoms with E-state index in [0.717, 1.165) is 6.07 Å². The number of rotatable bonds is 6. The van der Waals surface area contributed by atoms with Crippen LogP contribution in [-0.2, 0) is 24.3 Å². The van der Waals surface area contributed by atoms with Crippen LogP contribution in [0.3, 0.4) is 0 Å². The summed E-state index contributed by atoms with van der Waals surface area (Å²) in [6, 6.07) is 3.56. The molecule has 1 heterocycles. The number of carbonyl (C=O) groups is 2. The topological polar surface area (TPSA) is 93.2 Å². The molecule has 0 aliphatic carbocycles. The van der Waals surface area contributed by atoms with Gasteiger partial charge in [0.15, 0.2) is 6.61 Å². The second kappa shape index (κ2) is 9.01. The van der Waals surface area contributed by atoms with E-state index in [2.05, 4.69) is 0 Å². The molecule has 1 aliphatic rings. The van der Waals surface area contributed by atoms with Crippen molar-refractivity contribution in [2.24, 2.45) is 0 Å². The molecule has 0 aromatic heterocycles. The van der Waals surface area contributed by atoms with E-state index >= 15 is 0 Å². The Morgan fingerprint density at radius 2 is 1.93 bits per heavy atom. The molecule has 1 aliphatic heterocycles. The SMILES string of the molecule is CC(C)N(C)S(=O)(=O)c1ccc(Cl)c(C(=O)OCC(=O)N2CCOCC2)c1. The summed E-state index contributed by atoms with van der Waals surface area (Å²) in [5.74, 6) is -1.20. The predicted octanol–water partition coefficient (Wildman–Crippen LogP) is 1.38. The first kappa shape index (κ1) is 21.6. The summed E-state index contributed by atoms with van der Waals surface area (Å²) in [6.45, 7) is 4.78. The number of nitrogens with zero attached hydrogens (tertiary/aromatic N) is 2. The molecule has 0 atom stereocenters. The Labute approximate surface area is 164 Å². The van der Waals surface area contributed by atoms with Crippen molar-refractivity contribution in [3.63, 3.8) is 0 Å². The van der Waals surface area contributed by atoms with Gasteiger partial charge in [-0.3, -0.25) is 4.79 Å². The summed E-state index contributed by atoms with van der Waals surface area (Å²) in [5.41, 5.74) is -0.107. The van der Waals surface area contributed by atoms with Gasteiger partial charge in [0.2, 0.25) is 10.0 Å². The van der Waals surface area contributed by atoms with Crippen molar-refractivity contribution in [1.82, 2.24) is 9.21 Å². The smallest absolute Gasteiger partial charge is 0.340 e. The van der Waals surface area contributed by atoms with E-state index in [0.29, 0.717) is 26.3 Å². The Bertz CT molecular complexity index is 806. The predicted molar refractivity (Wildman–Crippen MR) is 99.2 cm³/mol. The number of hydrogen-bond acceptors (Lipinski definition) is 6. The third-order valence-electron chi connectivity index (χ3n) is 4.25. The number of morpholine rings is 1. The quantitative estimate of drug-likeness (QED) is 0.648. The summed E-state index contributed by atoms with van der Waals surface area (Å²) < 4.78 is 36.6. The minimum atomic E-state index is -3.78. The van der Waals surface area contributed by atoms with E-state index in [1.807, 2.05) is 0 Å². The Kier molecular flexibility index (Phi) is 7.21. The highest BCUT2D eigenvalue weighted by molar-refractivity contribution is 7.89. The first-order chi connectivity index (χ1) is 12.6. The van der Waals surface area contributed by atoms with Crippen LogP contribution in [0.25, 0.3) is 0 Å². The molecule has 0 bridgehead atoms. The number of amides is 1. The van der Waals surface area contributed by atoms with E-state index < -0.39 is 22.6 Å². The Hall–Kier alpha value is -1.68. The Balaban J connectivity index is 2.13. The largest absolute Gasteiger partial charge is 0.452 e. The van der Waals surface area contributed by atoms with Crippen LogP contribution in [0.15, 0.2) is 23.1 Å². The molecule has 0 radical (unpaired) electrons. The molecule has 10 heteroatoms. The lowest BCUT2D eigenvalue weighted by molar-refractivity contribution is -0.138. The van der Waals surface area contributed by atoms with Crippen molar-refractivity contribution in [2.45, 2.75) is 24.8 Å². The molecule has 1 saturated heterocycles. The lowest BCUT2D eigenvalue weighted by atomic mass is 10.2. The van der Waals surface area contributed by atoms with E-state index in [1.165, 1.54) is 28.4 Å². The van der Waals surface area contributed by atoms with Gasteiger partial charge in [0.25, 0.3) is 5.91 Å². The van der Waals surface area contributed by atoms with E-state index in [4.69, 9.17) is 21.1 Å². The molecule has 0 unspecified atom stereocenters. The molecule has 0 spiro atoms. The van der Waals surface area contributed by atoms with Gasteiger partial charge >= 0.3 is 5.97 Å². The van der Waals surface area contributed by atoms with Gasteiger partial charge in [0.1, 0.15) is 0 Å². The standard InChI is InChI=1S/C17H23ClN2O6S/c1-12(2)19(3)27(23,24)13-4-5-15(18)14(10-13)17(22)26-11-16(21)20-6-8-25-9-7-20/h4-5,10,12H,6-9,11H2,1-3H3. The molecule has 1 amide bonds. The van der Waals surface area contributed by atoms with Gasteiger partial charge in [0.05, 0.1) is 28.7 Å². The normalized spacial score (nSPS) is 15.3. The molecule has 8 nitrogen and oxygen atoms in total. The van der Waals surface area contributed by atoms with Gasteiger partial charge in [0, 0.05) is 26.2 Å². The summed E-state index contributed by atoms with van der Waals surface area (Å²) in [7, 11) is -2.33. The molecular weight excluding hydrogens is 396 g/mol. The van der Waals surface area contributed by atoms with Crippen LogP contribution in [0, 0.1) is 0 Å². The molecule has 1 aromatic rings. The third-order valence-corrected chi connectivity index (χ3v) is 6.61. The number of esters is 1. The van der Waals surface area contributed by atoms with Crippen molar-refractivity contribution in [1.29, 1.82) is 0 Å². The van der Waals surface area contributed by atoms with Gasteiger partial charge in [-0.2, -0.15) is 4.31 Å². The van der Waals surface area contributed by atoms with E-state index in [-0.39, 0.29) is 27.4 Å². The average Bonchev–Trinajstić information content (AvgIpc) is 2.65. The maximum atomic E-state index is 12.6. The number of ether oxygens (including phenoxy) is 2. The first-order valence-electron chi connectivity index (χ1n) is 8.45. The number of sulfonamides is 1. The van der Waals surface area contributed by atoms with Crippen LogP contribution in [0.1, 0.15) is 24.2 Å². The van der Waals surface area contributed by atoms with Crippen molar-refractivity contribution in [3.05, 3.63) is 28.8 Å². The van der Waals surface area contributed by atoms with Gasteiger partial charge in [-0.15, -0.1) is 0 Å². The lowest BCUT2D eigenvalue weighted by Gasteiger charge is -2.26. The van der Waals surface area contributed by atoms with E-state index in [9.17, 15) is 18.0 Å². The second-order valence-electron chi connectivity index (χ2n) is 6.33. The zero-order valence-electron chi connectivity index (χ0n) is 15.5. The second-order valence-corrected chi connectivity index (χ2v) is 8.73. The zero-order chi connectivity index (χ0) is 20.2. The summed E-state index contributed by atoms with van der Waals surface area (Å²) >= 11 is 6.03. The van der Waals surface area contributed by atoms with Crippen molar-refractivity contribution >= 4 is 33.5 Å². The molecule has 1 aromatic carbocycles. The molecule has 27 heavy (non-hydrogen) atoms. The minimum absolute atomic E-state index is 0.0463. The van der Waals surface area contributed by atoms with Crippen LogP contribution in [0.5, 0.6) is 0 Å². The molecule has 1 fully saturated rings. The van der Waals surface area contributed by atoms with Crippen LogP contribution in [-0.4, -0.2) is 75.5 Å². The molecule has 0 N–H and O–H groups in total. The molecular formula is C17H23ClN2O6S. The first-order valence-corrected chi connectivity index (χ1v) is 10.3. The monoisotopic (exact) mass is 418 g/mol. The average molecular weight is 419 g/mol. The van der Waals surface area contributed by atoms with Crippen molar-refractivity contribution in [2.75, 3.05) is 40.0 Å². The van der Waals surface area contributed by atoms with Gasteiger partial charge in [-0.05, 0) is 32.0 Å². The Morgan fingerprint density at radius 1 is 1.30 bits per heavy atom. The molecule has 0 saturated carbocycles. The fourth-order valence-electron chi connectivity index (χ4n) is 2.37. The van der Waals surface area contributed by atoms with E-state index in [1.54, 1.807) is 13.8 Å². The maximum absolute atomic E-state index is 12.6. The fraction of sp³-hybridized carbons (Fsp3) is 0.529. The number of halogens is 1. The lowest BCUT2D eigenvalue weighted by Crippen LogP contribution is -2.42. The zero-order valence-corrected chi connectivity index (χ0v) is 17.0. The van der Waals surface area contributed by atoms with Crippen molar-refractivity contribution < 1.29 is 27.5 Å². The van der Waals surface area contributed by atoms with Gasteiger partial charge < -0.3 is 14.4 Å². The van der Waals surface area contributed by atoms with Crippen LogP contribution in [0.4, 0.5) is 0 Å². The van der Waals surface area contributed by atoms with Crippen LogP contribution in [0.2, 0.25) is 5.02 Å². The van der Waals surface area contributed by atoms with Crippen molar-refractivity contribution in [3.8, 4) is 0 Å². The number of carbonyl (C=O) groups excluding carboxylic acids is 2. The number of hydrogen-bond donors (Lipinski definition) is 0. The molecule has 2 rings (SSSR count).